The van der Waals surface area contributed by atoms with Crippen molar-refractivity contribution in [1.29, 1.82) is 0 Å². The molecule has 0 unspecified atom stereocenters. The van der Waals surface area contributed by atoms with Crippen LogP contribution in [-0.2, 0) is 11.2 Å². The summed E-state index contributed by atoms with van der Waals surface area (Å²) in [6.07, 6.45) is 3.18. The second-order valence-electron chi connectivity index (χ2n) is 7.98. The summed E-state index contributed by atoms with van der Waals surface area (Å²) in [6, 6.07) is 6.97. The van der Waals surface area contributed by atoms with Gasteiger partial charge in [0.2, 0.25) is 11.1 Å². The first kappa shape index (κ1) is 23.7. The van der Waals surface area contributed by atoms with Gasteiger partial charge in [-0.05, 0) is 58.2 Å². The number of nitrogens with one attached hydrogen (secondary N) is 2. The fraction of sp³-hybridized carbons (Fsp3) is 0.435. The molecule has 9 heteroatoms. The first-order valence-electron chi connectivity index (χ1n) is 10.9. The fourth-order valence-corrected chi connectivity index (χ4v) is 4.03. The number of para-hydroxylation sites is 1. The van der Waals surface area contributed by atoms with Crippen molar-refractivity contribution in [2.45, 2.75) is 65.1 Å². The van der Waals surface area contributed by atoms with Gasteiger partial charge in [-0.1, -0.05) is 37.2 Å². The van der Waals surface area contributed by atoms with Crippen molar-refractivity contribution in [2.24, 2.45) is 0 Å². The quantitative estimate of drug-likeness (QED) is 0.475. The number of rotatable bonds is 9. The van der Waals surface area contributed by atoms with Crippen molar-refractivity contribution in [3.63, 3.8) is 0 Å². The van der Waals surface area contributed by atoms with Crippen LogP contribution in [0.5, 0.6) is 0 Å². The van der Waals surface area contributed by atoms with Crippen LogP contribution in [0.3, 0.4) is 0 Å². The number of fused-ring (bicyclic) bond motifs is 1. The van der Waals surface area contributed by atoms with E-state index in [4.69, 9.17) is 0 Å². The predicted molar refractivity (Wildman–Crippen MR) is 127 cm³/mol. The number of aromatic nitrogens is 4. The molecule has 8 nitrogen and oxygen atoms in total. The maximum atomic E-state index is 12.5. The molecule has 0 radical (unpaired) electrons. The standard InChI is InChI=1S/C23H30N6O2S/c1-6-7-10-17-15(4)25-22-27-23(28-29(22)16(17)5)32-13-20(30)26-19-12-9-8-11-18(19)21(31)24-14(2)3/h8-9,11-12,14H,6-7,10,13H2,1-5H3,(H,24,31)(H,26,30). The van der Waals surface area contributed by atoms with Crippen LogP contribution in [-0.4, -0.2) is 43.2 Å². The van der Waals surface area contributed by atoms with E-state index in [0.717, 1.165) is 30.7 Å². The lowest BCUT2D eigenvalue weighted by Gasteiger charge is -2.12. The predicted octanol–water partition coefficient (Wildman–Crippen LogP) is 3.95. The third kappa shape index (κ3) is 5.64. The molecule has 0 atom stereocenters. The Balaban J connectivity index is 1.69. The van der Waals surface area contributed by atoms with Gasteiger partial charge < -0.3 is 10.6 Å². The fourth-order valence-electron chi connectivity index (χ4n) is 3.41. The normalized spacial score (nSPS) is 11.2. The van der Waals surface area contributed by atoms with Crippen molar-refractivity contribution in [3.05, 3.63) is 46.8 Å². The Morgan fingerprint density at radius 2 is 1.91 bits per heavy atom. The van der Waals surface area contributed by atoms with E-state index in [2.05, 4.69) is 32.6 Å². The Morgan fingerprint density at radius 3 is 2.62 bits per heavy atom. The molecule has 32 heavy (non-hydrogen) atoms. The van der Waals surface area contributed by atoms with Crippen LogP contribution >= 0.6 is 11.8 Å². The maximum Gasteiger partial charge on any atom is 0.253 e. The Labute approximate surface area is 192 Å². The topological polar surface area (TPSA) is 101 Å². The van der Waals surface area contributed by atoms with Crippen LogP contribution in [0.4, 0.5) is 5.69 Å². The van der Waals surface area contributed by atoms with Gasteiger partial charge in [0.15, 0.2) is 0 Å². The maximum absolute atomic E-state index is 12.5. The zero-order chi connectivity index (χ0) is 23.3. The lowest BCUT2D eigenvalue weighted by atomic mass is 10.1. The number of hydrogen-bond acceptors (Lipinski definition) is 6. The largest absolute Gasteiger partial charge is 0.350 e. The van der Waals surface area contributed by atoms with Crippen LogP contribution < -0.4 is 10.6 Å². The summed E-state index contributed by atoms with van der Waals surface area (Å²) < 4.78 is 1.75. The molecule has 0 aliphatic carbocycles. The molecule has 2 N–H and O–H groups in total. The SMILES string of the molecule is CCCCc1c(C)nc2nc(SCC(=O)Nc3ccccc3C(=O)NC(C)C)nn2c1C. The number of unbranched alkanes of at least 4 members (excludes halogenated alkanes) is 1. The van der Waals surface area contributed by atoms with E-state index in [1.165, 1.54) is 17.3 Å². The van der Waals surface area contributed by atoms with E-state index in [1.54, 1.807) is 28.8 Å². The van der Waals surface area contributed by atoms with Gasteiger partial charge in [0.05, 0.1) is 17.0 Å². The molecular weight excluding hydrogens is 424 g/mol. The number of aryl methyl sites for hydroxylation is 2. The van der Waals surface area contributed by atoms with Crippen molar-refractivity contribution < 1.29 is 9.59 Å². The van der Waals surface area contributed by atoms with E-state index in [1.807, 2.05) is 27.7 Å². The van der Waals surface area contributed by atoms with Crippen molar-refractivity contribution >= 4 is 35.0 Å². The molecule has 0 saturated heterocycles. The molecule has 1 aromatic carbocycles. The zero-order valence-electron chi connectivity index (χ0n) is 19.2. The summed E-state index contributed by atoms with van der Waals surface area (Å²) in [6.45, 7) is 9.98. The number of anilines is 1. The number of carbonyl (C=O) groups excluding carboxylic acids is 2. The van der Waals surface area contributed by atoms with Gasteiger partial charge in [0.1, 0.15) is 0 Å². The molecule has 0 saturated carbocycles. The third-order valence-corrected chi connectivity index (χ3v) is 5.85. The minimum absolute atomic E-state index is 0.00567. The average Bonchev–Trinajstić information content (AvgIpc) is 3.15. The smallest absolute Gasteiger partial charge is 0.253 e. The molecule has 0 spiro atoms. The zero-order valence-corrected chi connectivity index (χ0v) is 20.0. The van der Waals surface area contributed by atoms with Gasteiger partial charge in [0.25, 0.3) is 11.7 Å². The number of amides is 2. The van der Waals surface area contributed by atoms with Crippen molar-refractivity contribution in [2.75, 3.05) is 11.1 Å². The number of thioether (sulfide) groups is 1. The number of carbonyl (C=O) groups is 2. The van der Waals surface area contributed by atoms with Gasteiger partial charge in [0, 0.05) is 17.4 Å². The molecule has 0 aliphatic heterocycles. The summed E-state index contributed by atoms with van der Waals surface area (Å²) in [5, 5.41) is 10.7. The molecule has 170 valence electrons. The minimum atomic E-state index is -0.233. The van der Waals surface area contributed by atoms with Crippen LogP contribution in [0.15, 0.2) is 29.4 Å². The summed E-state index contributed by atoms with van der Waals surface area (Å²) in [4.78, 5) is 34.0. The first-order chi connectivity index (χ1) is 15.3. The number of hydrogen-bond donors (Lipinski definition) is 2. The Bertz CT molecular complexity index is 1130. The highest BCUT2D eigenvalue weighted by Crippen LogP contribution is 2.21. The van der Waals surface area contributed by atoms with Gasteiger partial charge in [-0.15, -0.1) is 5.10 Å². The Kier molecular flexibility index (Phi) is 7.84. The lowest BCUT2D eigenvalue weighted by Crippen LogP contribution is -2.31. The van der Waals surface area contributed by atoms with Gasteiger partial charge >= 0.3 is 0 Å². The van der Waals surface area contributed by atoms with Crippen molar-refractivity contribution in [1.82, 2.24) is 24.9 Å². The molecule has 2 heterocycles. The minimum Gasteiger partial charge on any atom is -0.350 e. The summed E-state index contributed by atoms with van der Waals surface area (Å²) >= 11 is 1.24. The highest BCUT2D eigenvalue weighted by atomic mass is 32.2. The van der Waals surface area contributed by atoms with E-state index < -0.39 is 0 Å². The molecule has 0 fully saturated rings. The van der Waals surface area contributed by atoms with E-state index in [9.17, 15) is 9.59 Å². The molecule has 3 rings (SSSR count). The first-order valence-corrected chi connectivity index (χ1v) is 11.8. The van der Waals surface area contributed by atoms with E-state index in [0.29, 0.717) is 22.2 Å². The van der Waals surface area contributed by atoms with Crippen LogP contribution in [0.25, 0.3) is 5.78 Å². The highest BCUT2D eigenvalue weighted by Gasteiger charge is 2.16. The van der Waals surface area contributed by atoms with Crippen LogP contribution in [0.2, 0.25) is 0 Å². The summed E-state index contributed by atoms with van der Waals surface area (Å²) in [5.74, 6) is 0.209. The molecule has 2 amide bonds. The van der Waals surface area contributed by atoms with Gasteiger partial charge in [-0.3, -0.25) is 9.59 Å². The van der Waals surface area contributed by atoms with Gasteiger partial charge in [-0.2, -0.15) is 4.98 Å². The van der Waals surface area contributed by atoms with Crippen LogP contribution in [0, 0.1) is 13.8 Å². The molecule has 2 aromatic heterocycles. The Morgan fingerprint density at radius 1 is 1.16 bits per heavy atom. The third-order valence-electron chi connectivity index (χ3n) is 5.01. The van der Waals surface area contributed by atoms with E-state index >= 15 is 0 Å². The Hall–Kier alpha value is -2.94. The highest BCUT2D eigenvalue weighted by molar-refractivity contribution is 7.99. The second-order valence-corrected chi connectivity index (χ2v) is 8.92. The lowest BCUT2D eigenvalue weighted by molar-refractivity contribution is -0.113. The molecular formula is C23H30N6O2S. The average molecular weight is 455 g/mol. The summed E-state index contributed by atoms with van der Waals surface area (Å²) in [5.41, 5.74) is 4.12. The molecule has 0 aliphatic rings. The molecule has 3 aromatic rings. The molecule has 0 bridgehead atoms. The van der Waals surface area contributed by atoms with Crippen LogP contribution in [0.1, 0.15) is 60.9 Å². The van der Waals surface area contributed by atoms with E-state index in [-0.39, 0.29) is 23.6 Å². The monoisotopic (exact) mass is 454 g/mol. The number of nitrogens with zero attached hydrogens (tertiary/aromatic N) is 4. The van der Waals surface area contributed by atoms with Gasteiger partial charge in [-0.25, -0.2) is 9.50 Å². The van der Waals surface area contributed by atoms with Crippen molar-refractivity contribution in [3.8, 4) is 0 Å². The second kappa shape index (κ2) is 10.6. The number of benzene rings is 1. The summed E-state index contributed by atoms with van der Waals surface area (Å²) in [7, 11) is 0.